The Kier molecular flexibility index (Phi) is 1.84. The lowest BCUT2D eigenvalue weighted by atomic mass is 10.2. The first kappa shape index (κ1) is 7.37. The predicted octanol–water partition coefficient (Wildman–Crippen LogP) is 2.56. The van der Waals surface area contributed by atoms with Crippen molar-refractivity contribution in [2.45, 2.75) is 6.61 Å². The van der Waals surface area contributed by atoms with Crippen LogP contribution in [0, 0.1) is 0 Å². The molecule has 0 atom stereocenters. The van der Waals surface area contributed by atoms with Crippen LogP contribution in [-0.4, -0.2) is 12.1 Å². The number of aromatic amines is 1. The summed E-state index contributed by atoms with van der Waals surface area (Å²) in [6, 6.07) is 8.22. The molecule has 2 rings (SSSR count). The molecule has 64 valence electrons. The summed E-state index contributed by atoms with van der Waals surface area (Å²) in [6.45, 7) is 0.671. The Hall–Kier alpha value is -1.28. The molecule has 0 bridgehead atoms. The molecular weight excluding hydrogens is 150 g/mol. The van der Waals surface area contributed by atoms with Gasteiger partial charge in [0.25, 0.3) is 0 Å². The largest absolute Gasteiger partial charge is 0.380 e. The first-order chi connectivity index (χ1) is 5.92. The molecule has 0 spiro atoms. The van der Waals surface area contributed by atoms with Crippen molar-refractivity contribution in [1.29, 1.82) is 0 Å². The third-order valence-corrected chi connectivity index (χ3v) is 1.97. The minimum Gasteiger partial charge on any atom is -0.380 e. The highest BCUT2D eigenvalue weighted by Gasteiger charge is 2.00. The van der Waals surface area contributed by atoms with Gasteiger partial charge in [0.1, 0.15) is 0 Å². The van der Waals surface area contributed by atoms with E-state index in [2.05, 4.69) is 17.1 Å². The monoisotopic (exact) mass is 163 g/mol. The molecule has 1 heterocycles. The summed E-state index contributed by atoms with van der Waals surface area (Å²) in [5.74, 6) is 0. The molecule has 0 radical (unpaired) electrons. The minimum atomic E-state index is 0. The highest BCUT2D eigenvalue weighted by Crippen LogP contribution is 2.17. The second-order valence-electron chi connectivity index (χ2n) is 2.79. The highest BCUT2D eigenvalue weighted by atomic mass is 16.5. The molecule has 2 nitrogen and oxygen atoms in total. The van der Waals surface area contributed by atoms with Gasteiger partial charge in [-0.15, -0.1) is 0 Å². The van der Waals surface area contributed by atoms with Crippen molar-refractivity contribution >= 4 is 10.9 Å². The van der Waals surface area contributed by atoms with Gasteiger partial charge in [-0.05, 0) is 6.07 Å². The molecule has 0 saturated carbocycles. The SMILES string of the molecule is COCc1c[nH]c2ccccc12.[HH]. The Labute approximate surface area is 72.7 Å². The van der Waals surface area contributed by atoms with Crippen molar-refractivity contribution < 1.29 is 6.16 Å². The topological polar surface area (TPSA) is 25.0 Å². The summed E-state index contributed by atoms with van der Waals surface area (Å²) in [7, 11) is 1.71. The summed E-state index contributed by atoms with van der Waals surface area (Å²) in [6.07, 6.45) is 1.99. The van der Waals surface area contributed by atoms with E-state index in [0.29, 0.717) is 6.61 Å². The van der Waals surface area contributed by atoms with Crippen molar-refractivity contribution in [3.8, 4) is 0 Å². The van der Waals surface area contributed by atoms with Gasteiger partial charge in [-0.25, -0.2) is 0 Å². The zero-order valence-corrected chi connectivity index (χ0v) is 7.00. The lowest BCUT2D eigenvalue weighted by Gasteiger charge is -1.95. The van der Waals surface area contributed by atoms with E-state index < -0.39 is 0 Å². The van der Waals surface area contributed by atoms with Crippen LogP contribution in [0.1, 0.15) is 6.99 Å². The van der Waals surface area contributed by atoms with Crippen molar-refractivity contribution in [1.82, 2.24) is 4.98 Å². The van der Waals surface area contributed by atoms with Gasteiger partial charge in [0.05, 0.1) is 6.61 Å². The quantitative estimate of drug-likeness (QED) is 0.723. The normalized spacial score (nSPS) is 10.8. The fraction of sp³-hybridized carbons (Fsp3) is 0.200. The zero-order valence-electron chi connectivity index (χ0n) is 7.00. The molecule has 1 N–H and O–H groups in total. The van der Waals surface area contributed by atoms with Gasteiger partial charge in [0.15, 0.2) is 0 Å². The fourth-order valence-electron chi connectivity index (χ4n) is 1.41. The molecule has 0 amide bonds. The second kappa shape index (κ2) is 2.99. The maximum atomic E-state index is 5.07. The number of aromatic nitrogens is 1. The van der Waals surface area contributed by atoms with Crippen LogP contribution in [0.5, 0.6) is 0 Å². The van der Waals surface area contributed by atoms with Crippen LogP contribution in [0.4, 0.5) is 0 Å². The van der Waals surface area contributed by atoms with Crippen molar-refractivity contribution in [2.24, 2.45) is 0 Å². The number of fused-ring (bicyclic) bond motifs is 1. The van der Waals surface area contributed by atoms with E-state index in [4.69, 9.17) is 4.74 Å². The van der Waals surface area contributed by atoms with Crippen LogP contribution < -0.4 is 0 Å². The van der Waals surface area contributed by atoms with Crippen LogP contribution in [-0.2, 0) is 11.3 Å². The molecule has 0 aliphatic rings. The van der Waals surface area contributed by atoms with Crippen molar-refractivity contribution in [2.75, 3.05) is 7.11 Å². The molecular formula is C10H13NO. The molecule has 0 aliphatic carbocycles. The second-order valence-corrected chi connectivity index (χ2v) is 2.79. The van der Waals surface area contributed by atoms with Gasteiger partial charge in [-0.2, -0.15) is 0 Å². The average molecular weight is 163 g/mol. The third kappa shape index (κ3) is 1.10. The van der Waals surface area contributed by atoms with Gasteiger partial charge in [0, 0.05) is 31.2 Å². The average Bonchev–Trinajstić information content (AvgIpc) is 2.50. The summed E-state index contributed by atoms with van der Waals surface area (Å²) in [5.41, 5.74) is 2.39. The molecule has 2 aromatic rings. The van der Waals surface area contributed by atoms with E-state index in [1.165, 1.54) is 16.5 Å². The maximum absolute atomic E-state index is 5.07. The number of para-hydroxylation sites is 1. The molecule has 0 fully saturated rings. The van der Waals surface area contributed by atoms with Gasteiger partial charge < -0.3 is 9.72 Å². The van der Waals surface area contributed by atoms with E-state index in [0.717, 1.165) is 0 Å². The summed E-state index contributed by atoms with van der Waals surface area (Å²) >= 11 is 0. The molecule has 0 saturated heterocycles. The Morgan fingerprint density at radius 1 is 1.42 bits per heavy atom. The molecule has 12 heavy (non-hydrogen) atoms. The van der Waals surface area contributed by atoms with Gasteiger partial charge in [-0.3, -0.25) is 0 Å². The van der Waals surface area contributed by atoms with Crippen molar-refractivity contribution in [3.05, 3.63) is 36.0 Å². The van der Waals surface area contributed by atoms with Gasteiger partial charge >= 0.3 is 0 Å². The molecule has 1 aromatic heterocycles. The van der Waals surface area contributed by atoms with E-state index in [1.54, 1.807) is 7.11 Å². The Bertz CT molecular complexity index is 383. The Morgan fingerprint density at radius 2 is 2.25 bits per heavy atom. The van der Waals surface area contributed by atoms with Crippen LogP contribution in [0.2, 0.25) is 0 Å². The summed E-state index contributed by atoms with van der Waals surface area (Å²) < 4.78 is 5.07. The predicted molar refractivity (Wildman–Crippen MR) is 51.1 cm³/mol. The van der Waals surface area contributed by atoms with Crippen LogP contribution in [0.25, 0.3) is 10.9 Å². The maximum Gasteiger partial charge on any atom is 0.0733 e. The number of ether oxygens (including phenoxy) is 1. The number of methoxy groups -OCH3 is 1. The van der Waals surface area contributed by atoms with Crippen molar-refractivity contribution in [3.63, 3.8) is 0 Å². The number of hydrogen-bond donors (Lipinski definition) is 1. The number of hydrogen-bond acceptors (Lipinski definition) is 1. The van der Waals surface area contributed by atoms with Crippen LogP contribution in [0.15, 0.2) is 30.5 Å². The fourth-order valence-corrected chi connectivity index (χ4v) is 1.41. The summed E-state index contributed by atoms with van der Waals surface area (Å²) in [4.78, 5) is 3.19. The zero-order chi connectivity index (χ0) is 8.39. The number of benzene rings is 1. The first-order valence-electron chi connectivity index (χ1n) is 3.96. The van der Waals surface area contributed by atoms with Gasteiger partial charge in [0.2, 0.25) is 0 Å². The molecule has 2 heteroatoms. The lowest BCUT2D eigenvalue weighted by molar-refractivity contribution is 0.186. The van der Waals surface area contributed by atoms with E-state index in [1.807, 2.05) is 18.3 Å². The smallest absolute Gasteiger partial charge is 0.0733 e. The lowest BCUT2D eigenvalue weighted by Crippen LogP contribution is -1.83. The summed E-state index contributed by atoms with van der Waals surface area (Å²) in [5, 5.41) is 1.25. The first-order valence-corrected chi connectivity index (χ1v) is 3.96. The Balaban J connectivity index is 0.000000845. The molecule has 0 aliphatic heterocycles. The van der Waals surface area contributed by atoms with Crippen LogP contribution in [0.3, 0.4) is 0 Å². The van der Waals surface area contributed by atoms with Gasteiger partial charge in [-0.1, -0.05) is 18.2 Å². The van der Waals surface area contributed by atoms with Crippen LogP contribution >= 0.6 is 0 Å². The molecule has 1 aromatic carbocycles. The number of rotatable bonds is 2. The minimum absolute atomic E-state index is 0. The standard InChI is InChI=1S/C10H11NO.H2/c1-12-7-8-6-11-10-5-3-2-4-9(8)10;/h2-6,11H,7H2,1H3;1H. The van der Waals surface area contributed by atoms with E-state index in [-0.39, 0.29) is 1.43 Å². The number of H-pyrrole nitrogens is 1. The van der Waals surface area contributed by atoms with E-state index in [9.17, 15) is 0 Å². The van der Waals surface area contributed by atoms with E-state index >= 15 is 0 Å². The highest BCUT2D eigenvalue weighted by molar-refractivity contribution is 5.82. The third-order valence-electron chi connectivity index (χ3n) is 1.97. The number of nitrogens with one attached hydrogen (secondary N) is 1. The molecule has 0 unspecified atom stereocenters. The Morgan fingerprint density at radius 3 is 3.08 bits per heavy atom.